The molecule has 158 valence electrons. The van der Waals surface area contributed by atoms with Crippen molar-refractivity contribution in [3.8, 4) is 11.5 Å². The Kier molecular flexibility index (Phi) is 8.12. The molecule has 4 nitrogen and oxygen atoms in total. The van der Waals surface area contributed by atoms with E-state index in [9.17, 15) is 26.7 Å². The van der Waals surface area contributed by atoms with E-state index in [2.05, 4.69) is 5.32 Å². The zero-order valence-electron chi connectivity index (χ0n) is 15.3. The molecule has 0 radical (unpaired) electrons. The molecule has 0 fully saturated rings. The summed E-state index contributed by atoms with van der Waals surface area (Å²) in [5.74, 6) is -2.81. The molecular weight excluding hydrogens is 417 g/mol. The Labute approximate surface area is 168 Å². The molecule has 10 heteroatoms. The number of hydrogen-bond acceptors (Lipinski definition) is 4. The van der Waals surface area contributed by atoms with Gasteiger partial charge in [0.15, 0.2) is 18.1 Å². The number of anilines is 1. The zero-order valence-corrected chi connectivity index (χ0v) is 16.1. The lowest BCUT2D eigenvalue weighted by molar-refractivity contribution is -0.153. The molecule has 0 saturated heterocycles. The first-order chi connectivity index (χ1) is 13.7. The number of rotatable bonds is 9. The van der Waals surface area contributed by atoms with Gasteiger partial charge < -0.3 is 14.8 Å². The number of alkyl halides is 5. The van der Waals surface area contributed by atoms with E-state index in [4.69, 9.17) is 9.47 Å². The van der Waals surface area contributed by atoms with E-state index in [0.29, 0.717) is 34.3 Å². The van der Waals surface area contributed by atoms with Crippen LogP contribution in [0.3, 0.4) is 0 Å². The number of ether oxygens (including phenoxy) is 2. The molecule has 0 bridgehead atoms. The maximum atomic E-state index is 12.4. The first-order valence-corrected chi connectivity index (χ1v) is 9.25. The van der Waals surface area contributed by atoms with Gasteiger partial charge in [-0.2, -0.15) is 22.0 Å². The van der Waals surface area contributed by atoms with Gasteiger partial charge in [0.2, 0.25) is 5.91 Å². The van der Waals surface area contributed by atoms with E-state index in [1.165, 1.54) is 31.4 Å². The van der Waals surface area contributed by atoms with Crippen molar-refractivity contribution in [1.29, 1.82) is 0 Å². The predicted molar refractivity (Wildman–Crippen MR) is 99.8 cm³/mol. The van der Waals surface area contributed by atoms with Crippen molar-refractivity contribution in [1.82, 2.24) is 0 Å². The fourth-order valence-electron chi connectivity index (χ4n) is 2.38. The number of hydrogen-bond donors (Lipinski definition) is 1. The minimum atomic E-state index is -4.47. The molecule has 0 atom stereocenters. The van der Waals surface area contributed by atoms with Gasteiger partial charge in [-0.1, -0.05) is 23.9 Å². The summed E-state index contributed by atoms with van der Waals surface area (Å²) in [4.78, 5) is 12.4. The largest absolute Gasteiger partial charge is 0.493 e. The van der Waals surface area contributed by atoms with Crippen molar-refractivity contribution < 1.29 is 36.2 Å². The van der Waals surface area contributed by atoms with Crippen LogP contribution >= 0.6 is 11.8 Å². The molecule has 2 aromatic carbocycles. The van der Waals surface area contributed by atoms with Crippen LogP contribution in [0, 0.1) is 0 Å². The van der Waals surface area contributed by atoms with Gasteiger partial charge in [-0.25, -0.2) is 0 Å². The van der Waals surface area contributed by atoms with Crippen molar-refractivity contribution in [2.75, 3.05) is 19.0 Å². The van der Waals surface area contributed by atoms with Gasteiger partial charge in [-0.3, -0.25) is 4.79 Å². The highest BCUT2D eigenvalue weighted by molar-refractivity contribution is 7.99. The monoisotopic (exact) mass is 435 g/mol. The van der Waals surface area contributed by atoms with Gasteiger partial charge in [-0.05, 0) is 42.3 Å². The van der Waals surface area contributed by atoms with Gasteiger partial charge in [0, 0.05) is 17.0 Å². The third-order valence-electron chi connectivity index (χ3n) is 3.60. The van der Waals surface area contributed by atoms with Gasteiger partial charge >= 0.3 is 6.18 Å². The zero-order chi connectivity index (χ0) is 21.4. The van der Waals surface area contributed by atoms with Gasteiger partial charge in [0.1, 0.15) is 0 Å². The molecule has 0 unspecified atom stereocenters. The summed E-state index contributed by atoms with van der Waals surface area (Å²) in [7, 11) is 1.30. The number of halogens is 5. The second-order valence-electron chi connectivity index (χ2n) is 5.84. The lowest BCUT2D eigenvalue weighted by atomic mass is 10.1. The fraction of sp³-hybridized carbons (Fsp3) is 0.316. The van der Waals surface area contributed by atoms with Crippen LogP contribution in [0.5, 0.6) is 11.5 Å². The van der Waals surface area contributed by atoms with Crippen molar-refractivity contribution in [2.24, 2.45) is 0 Å². The number of benzene rings is 2. The number of aryl methyl sites for hydroxylation is 1. The number of amides is 1. The molecule has 0 aromatic heterocycles. The topological polar surface area (TPSA) is 47.6 Å². The maximum absolute atomic E-state index is 12.4. The molecule has 2 aromatic rings. The van der Waals surface area contributed by atoms with Gasteiger partial charge in [0.05, 0.1) is 7.11 Å². The molecule has 2 rings (SSSR count). The lowest BCUT2D eigenvalue weighted by Gasteiger charge is -2.13. The number of methoxy groups -OCH3 is 1. The number of thioether (sulfide) groups is 1. The van der Waals surface area contributed by atoms with E-state index >= 15 is 0 Å². The summed E-state index contributed by atoms with van der Waals surface area (Å²) in [5, 5.41) is 2.62. The third kappa shape index (κ3) is 8.18. The smallest absolute Gasteiger partial charge is 0.422 e. The fourth-order valence-corrected chi connectivity index (χ4v) is 2.94. The van der Waals surface area contributed by atoms with Crippen molar-refractivity contribution >= 4 is 23.4 Å². The molecule has 1 amide bonds. The van der Waals surface area contributed by atoms with Gasteiger partial charge in [-0.15, -0.1) is 0 Å². The Hall–Kier alpha value is -2.49. The van der Waals surface area contributed by atoms with Crippen LogP contribution in [-0.4, -0.2) is 31.6 Å². The summed E-state index contributed by atoms with van der Waals surface area (Å²) in [6, 6.07) is 10.5. The standard InChI is InChI=1S/C19H18F5NO3S/c1-27-16-9-12(5-7-15(16)28-11-19(22,23)24)6-8-17(26)25-13-3-2-4-14(10-13)29-18(20)21/h2-5,7,9-10,18H,6,8,11H2,1H3,(H,25,26). The number of carbonyl (C=O) groups excluding carboxylic acids is 1. The quantitative estimate of drug-likeness (QED) is 0.416. The lowest BCUT2D eigenvalue weighted by Crippen LogP contribution is -2.19. The Morgan fingerprint density at radius 1 is 1.14 bits per heavy atom. The molecule has 0 spiro atoms. The van der Waals surface area contributed by atoms with Crippen LogP contribution in [0.4, 0.5) is 27.6 Å². The van der Waals surface area contributed by atoms with E-state index < -0.39 is 18.5 Å². The highest BCUT2D eigenvalue weighted by Crippen LogP contribution is 2.30. The second-order valence-corrected chi connectivity index (χ2v) is 6.91. The Morgan fingerprint density at radius 2 is 1.90 bits per heavy atom. The van der Waals surface area contributed by atoms with Crippen molar-refractivity contribution in [3.05, 3.63) is 48.0 Å². The summed E-state index contributed by atoms with van der Waals surface area (Å²) in [6.45, 7) is -1.44. The van der Waals surface area contributed by atoms with Crippen LogP contribution in [-0.2, 0) is 11.2 Å². The molecule has 0 heterocycles. The SMILES string of the molecule is COc1cc(CCC(=O)Nc2cccc(SC(F)F)c2)ccc1OCC(F)(F)F. The van der Waals surface area contributed by atoms with Crippen LogP contribution in [0.2, 0.25) is 0 Å². The van der Waals surface area contributed by atoms with Gasteiger partial charge in [0.25, 0.3) is 5.76 Å². The average molecular weight is 435 g/mol. The molecule has 0 aliphatic heterocycles. The van der Waals surface area contributed by atoms with Crippen LogP contribution in [0.25, 0.3) is 0 Å². The molecule has 1 N–H and O–H groups in total. The summed E-state index contributed by atoms with van der Waals surface area (Å²) in [6.07, 6.45) is -4.09. The van der Waals surface area contributed by atoms with E-state index in [-0.39, 0.29) is 23.8 Å². The van der Waals surface area contributed by atoms with Crippen LogP contribution in [0.15, 0.2) is 47.4 Å². The van der Waals surface area contributed by atoms with Crippen LogP contribution < -0.4 is 14.8 Å². The maximum Gasteiger partial charge on any atom is 0.422 e. The van der Waals surface area contributed by atoms with E-state index in [0.717, 1.165) is 0 Å². The normalized spacial score (nSPS) is 11.4. The highest BCUT2D eigenvalue weighted by atomic mass is 32.2. The first kappa shape index (κ1) is 22.8. The van der Waals surface area contributed by atoms with E-state index in [1.807, 2.05) is 0 Å². The van der Waals surface area contributed by atoms with Crippen molar-refractivity contribution in [2.45, 2.75) is 29.7 Å². The molecule has 0 aliphatic carbocycles. The average Bonchev–Trinajstić information content (AvgIpc) is 2.64. The minimum Gasteiger partial charge on any atom is -0.493 e. The van der Waals surface area contributed by atoms with Crippen molar-refractivity contribution in [3.63, 3.8) is 0 Å². The Balaban J connectivity index is 1.93. The summed E-state index contributed by atoms with van der Waals surface area (Å²) in [5.41, 5.74) is 1.06. The summed E-state index contributed by atoms with van der Waals surface area (Å²) < 4.78 is 71.4. The summed E-state index contributed by atoms with van der Waals surface area (Å²) >= 11 is 0.380. The van der Waals surface area contributed by atoms with Crippen LogP contribution in [0.1, 0.15) is 12.0 Å². The second kappa shape index (κ2) is 10.3. The first-order valence-electron chi connectivity index (χ1n) is 8.37. The highest BCUT2D eigenvalue weighted by Gasteiger charge is 2.29. The Morgan fingerprint density at radius 3 is 2.55 bits per heavy atom. The Bertz CT molecular complexity index is 830. The predicted octanol–water partition coefficient (Wildman–Crippen LogP) is 5.52. The molecular formula is C19H18F5NO3S. The molecule has 0 aliphatic rings. The molecule has 29 heavy (non-hydrogen) atoms. The number of carbonyl (C=O) groups is 1. The number of nitrogens with one attached hydrogen (secondary N) is 1. The third-order valence-corrected chi connectivity index (χ3v) is 4.31. The van der Waals surface area contributed by atoms with E-state index in [1.54, 1.807) is 18.2 Å². The molecule has 0 saturated carbocycles. The minimum absolute atomic E-state index is 0.0497.